The lowest BCUT2D eigenvalue weighted by molar-refractivity contribution is 0.0566. The van der Waals surface area contributed by atoms with Crippen molar-refractivity contribution in [3.63, 3.8) is 0 Å². The summed E-state index contributed by atoms with van der Waals surface area (Å²) in [6.45, 7) is 9.22. The highest BCUT2D eigenvalue weighted by Crippen LogP contribution is 2.23. The summed E-state index contributed by atoms with van der Waals surface area (Å²) >= 11 is 0. The maximum atomic E-state index is 14.5. The molecule has 0 N–H and O–H groups in total. The number of hydrogen-bond acceptors (Lipinski definition) is 3. The summed E-state index contributed by atoms with van der Waals surface area (Å²) in [5.74, 6) is 0.421. The molecule has 1 aromatic carbocycles. The van der Waals surface area contributed by atoms with Gasteiger partial charge >= 0.3 is 0 Å². The second kappa shape index (κ2) is 13.7. The molecule has 0 aliphatic carbocycles. The van der Waals surface area contributed by atoms with Crippen molar-refractivity contribution < 1.29 is 13.9 Å². The number of unbranched alkanes of at least 4 members (excludes halogenated alkanes) is 3. The molecule has 0 saturated heterocycles. The van der Waals surface area contributed by atoms with E-state index in [2.05, 4.69) is 25.4 Å². The molecule has 0 aliphatic heterocycles. The smallest absolute Gasteiger partial charge is 0.138 e. The number of ether oxygens (including phenoxy) is 2. The van der Waals surface area contributed by atoms with E-state index in [4.69, 9.17) is 9.47 Å². The van der Waals surface area contributed by atoms with Gasteiger partial charge in [-0.3, -0.25) is 4.98 Å². The maximum absolute atomic E-state index is 14.5. The van der Waals surface area contributed by atoms with Gasteiger partial charge in [0, 0.05) is 17.7 Å². The molecule has 1 unspecified atom stereocenters. The Morgan fingerprint density at radius 2 is 2.03 bits per heavy atom. The molecular weight excluding hydrogens is 377 g/mol. The van der Waals surface area contributed by atoms with E-state index >= 15 is 0 Å². The molecule has 1 heterocycles. The first-order valence-corrected chi connectivity index (χ1v) is 10.9. The Morgan fingerprint density at radius 3 is 2.73 bits per heavy atom. The quantitative estimate of drug-likeness (QED) is 0.243. The second-order valence-electron chi connectivity index (χ2n) is 7.44. The van der Waals surface area contributed by atoms with Crippen LogP contribution in [-0.4, -0.2) is 24.3 Å². The van der Waals surface area contributed by atoms with Crippen LogP contribution in [0.3, 0.4) is 0 Å². The van der Waals surface area contributed by atoms with Gasteiger partial charge < -0.3 is 9.47 Å². The zero-order valence-electron chi connectivity index (χ0n) is 18.3. The first-order valence-electron chi connectivity index (χ1n) is 10.9. The molecular formula is C26H34FNO2. The van der Waals surface area contributed by atoms with Crippen molar-refractivity contribution in [3.8, 4) is 17.0 Å². The van der Waals surface area contributed by atoms with Crippen molar-refractivity contribution in [1.82, 2.24) is 4.98 Å². The molecule has 0 saturated carbocycles. The molecule has 0 radical (unpaired) electrons. The second-order valence-corrected chi connectivity index (χ2v) is 7.44. The summed E-state index contributed by atoms with van der Waals surface area (Å²) in [5.41, 5.74) is 2.05. The average molecular weight is 412 g/mol. The molecule has 2 rings (SSSR count). The Kier molecular flexibility index (Phi) is 10.9. The summed E-state index contributed by atoms with van der Waals surface area (Å²) in [5, 5.41) is 0. The van der Waals surface area contributed by atoms with E-state index in [-0.39, 0.29) is 11.9 Å². The van der Waals surface area contributed by atoms with Crippen LogP contribution >= 0.6 is 0 Å². The number of allylic oxidation sites excluding steroid dienone is 1. The third-order valence-electron chi connectivity index (χ3n) is 4.83. The van der Waals surface area contributed by atoms with Gasteiger partial charge in [-0.25, -0.2) is 4.39 Å². The molecule has 162 valence electrons. The monoisotopic (exact) mass is 411 g/mol. The van der Waals surface area contributed by atoms with E-state index < -0.39 is 0 Å². The molecule has 0 aliphatic rings. The Labute approximate surface area is 180 Å². The van der Waals surface area contributed by atoms with Crippen LogP contribution in [0.15, 0.2) is 55.3 Å². The molecule has 4 heteroatoms. The minimum Gasteiger partial charge on any atom is -0.488 e. The highest BCUT2D eigenvalue weighted by atomic mass is 19.1. The van der Waals surface area contributed by atoms with Crippen LogP contribution in [0.2, 0.25) is 0 Å². The van der Waals surface area contributed by atoms with E-state index in [1.54, 1.807) is 18.3 Å². The largest absolute Gasteiger partial charge is 0.488 e. The molecule has 3 nitrogen and oxygen atoms in total. The number of hydrogen-bond donors (Lipinski definition) is 0. The average Bonchev–Trinajstić information content (AvgIpc) is 2.76. The van der Waals surface area contributed by atoms with Crippen LogP contribution in [0.1, 0.15) is 57.9 Å². The van der Waals surface area contributed by atoms with E-state index in [0.717, 1.165) is 37.9 Å². The number of aromatic nitrogens is 1. The van der Waals surface area contributed by atoms with Crippen LogP contribution in [0.25, 0.3) is 17.3 Å². The normalized spacial score (nSPS) is 12.2. The zero-order valence-corrected chi connectivity index (χ0v) is 18.3. The van der Waals surface area contributed by atoms with E-state index in [1.165, 1.54) is 18.9 Å². The fraction of sp³-hybridized carbons (Fsp3) is 0.423. The van der Waals surface area contributed by atoms with Crippen molar-refractivity contribution in [3.05, 3.63) is 66.6 Å². The summed E-state index contributed by atoms with van der Waals surface area (Å²) in [4.78, 5) is 4.35. The highest BCUT2D eigenvalue weighted by Gasteiger charge is 2.05. The standard InChI is InChI=1S/C26H34FNO2/c1-4-6-10-18-29-21(3)11-8-7-9-12-22-13-14-23(19-25(22)27)26-16-15-24(20-28-26)30-17-5-2/h5,9,12-16,19-21H,2,4,6-8,10-11,17-18H2,1,3H3. The van der Waals surface area contributed by atoms with Gasteiger partial charge in [0.2, 0.25) is 0 Å². The number of rotatable bonds is 14. The molecule has 2 aromatic rings. The molecule has 1 atom stereocenters. The number of halogens is 1. The first-order chi connectivity index (χ1) is 14.6. The molecule has 0 amide bonds. The van der Waals surface area contributed by atoms with Crippen molar-refractivity contribution in [2.75, 3.05) is 13.2 Å². The van der Waals surface area contributed by atoms with Gasteiger partial charge in [0.05, 0.1) is 18.0 Å². The highest BCUT2D eigenvalue weighted by molar-refractivity contribution is 5.63. The molecule has 0 fully saturated rings. The summed E-state index contributed by atoms with van der Waals surface area (Å²) in [6.07, 6.45) is 14.0. The SMILES string of the molecule is C=CCOc1ccc(-c2ccc(C=CCCCC(C)OCCCCC)c(F)c2)nc1. The van der Waals surface area contributed by atoms with Crippen LogP contribution in [-0.2, 0) is 4.74 Å². The predicted octanol–water partition coefficient (Wildman–Crippen LogP) is 7.23. The summed E-state index contributed by atoms with van der Waals surface area (Å²) < 4.78 is 25.7. The Balaban J connectivity index is 1.80. The summed E-state index contributed by atoms with van der Waals surface area (Å²) in [6, 6.07) is 8.87. The van der Waals surface area contributed by atoms with Gasteiger partial charge in [0.15, 0.2) is 0 Å². The Morgan fingerprint density at radius 1 is 1.17 bits per heavy atom. The first kappa shape index (κ1) is 23.8. The van der Waals surface area contributed by atoms with E-state index in [1.807, 2.05) is 30.4 Å². The van der Waals surface area contributed by atoms with Gasteiger partial charge in [-0.1, -0.05) is 56.7 Å². The third-order valence-corrected chi connectivity index (χ3v) is 4.83. The van der Waals surface area contributed by atoms with Gasteiger partial charge in [-0.05, 0) is 50.8 Å². The lowest BCUT2D eigenvalue weighted by Crippen LogP contribution is -2.08. The van der Waals surface area contributed by atoms with Crippen molar-refractivity contribution >= 4 is 6.08 Å². The van der Waals surface area contributed by atoms with Gasteiger partial charge in [0.1, 0.15) is 18.2 Å². The van der Waals surface area contributed by atoms with Gasteiger partial charge in [-0.15, -0.1) is 0 Å². The number of nitrogens with zero attached hydrogens (tertiary/aromatic N) is 1. The van der Waals surface area contributed by atoms with Gasteiger partial charge in [-0.2, -0.15) is 0 Å². The Hall–Kier alpha value is -2.46. The van der Waals surface area contributed by atoms with Crippen LogP contribution in [0.5, 0.6) is 5.75 Å². The fourth-order valence-electron chi connectivity index (χ4n) is 3.07. The Bertz CT molecular complexity index is 786. The number of benzene rings is 1. The molecule has 30 heavy (non-hydrogen) atoms. The minimum absolute atomic E-state index is 0.245. The van der Waals surface area contributed by atoms with Crippen LogP contribution < -0.4 is 4.74 Å². The fourth-order valence-corrected chi connectivity index (χ4v) is 3.07. The number of pyridine rings is 1. The lowest BCUT2D eigenvalue weighted by atomic mass is 10.1. The maximum Gasteiger partial charge on any atom is 0.138 e. The summed E-state index contributed by atoms with van der Waals surface area (Å²) in [7, 11) is 0. The molecule has 0 bridgehead atoms. The third kappa shape index (κ3) is 8.50. The lowest BCUT2D eigenvalue weighted by Gasteiger charge is -2.12. The minimum atomic E-state index is -0.245. The topological polar surface area (TPSA) is 31.4 Å². The van der Waals surface area contributed by atoms with Crippen molar-refractivity contribution in [2.45, 2.75) is 58.5 Å². The van der Waals surface area contributed by atoms with Crippen LogP contribution in [0, 0.1) is 5.82 Å². The predicted molar refractivity (Wildman–Crippen MR) is 123 cm³/mol. The zero-order chi connectivity index (χ0) is 21.6. The van der Waals surface area contributed by atoms with E-state index in [0.29, 0.717) is 23.6 Å². The van der Waals surface area contributed by atoms with E-state index in [9.17, 15) is 4.39 Å². The van der Waals surface area contributed by atoms with Crippen molar-refractivity contribution in [2.24, 2.45) is 0 Å². The molecule has 1 aromatic heterocycles. The molecule has 0 spiro atoms. The van der Waals surface area contributed by atoms with Crippen molar-refractivity contribution in [1.29, 1.82) is 0 Å². The van der Waals surface area contributed by atoms with Gasteiger partial charge in [0.25, 0.3) is 0 Å². The van der Waals surface area contributed by atoms with Crippen LogP contribution in [0.4, 0.5) is 4.39 Å².